The first-order valence-electron chi connectivity index (χ1n) is 6.58. The van der Waals surface area contributed by atoms with Gasteiger partial charge in [-0.1, -0.05) is 23.7 Å². The van der Waals surface area contributed by atoms with Crippen molar-refractivity contribution in [2.75, 3.05) is 0 Å². The maximum absolute atomic E-state index is 9.54. The van der Waals surface area contributed by atoms with E-state index in [4.69, 9.17) is 11.6 Å². The Kier molecular flexibility index (Phi) is 3.55. The third kappa shape index (κ3) is 2.34. The van der Waals surface area contributed by atoms with Gasteiger partial charge in [-0.3, -0.25) is 0 Å². The van der Waals surface area contributed by atoms with Crippen LogP contribution >= 0.6 is 11.6 Å². The molecule has 3 rings (SSSR count). The molecule has 0 aliphatic heterocycles. The molecular weight excluding hydrogens is 286 g/mol. The summed E-state index contributed by atoms with van der Waals surface area (Å²) in [6, 6.07) is 13.4. The Labute approximate surface area is 126 Å². The molecule has 1 atom stereocenters. The molecule has 0 aliphatic rings. The molecule has 0 spiro atoms. The number of para-hydroxylation sites is 2. The number of rotatable bonds is 3. The van der Waals surface area contributed by atoms with Crippen LogP contribution in [0.5, 0.6) is 0 Å². The minimum atomic E-state index is -0.567. The van der Waals surface area contributed by atoms with E-state index in [1.807, 2.05) is 35.8 Å². The van der Waals surface area contributed by atoms with E-state index in [1.54, 1.807) is 12.1 Å². The first-order chi connectivity index (χ1) is 10.2. The first kappa shape index (κ1) is 13.5. The van der Waals surface area contributed by atoms with Crippen LogP contribution in [-0.2, 0) is 6.54 Å². The first-order valence-corrected chi connectivity index (χ1v) is 6.96. The van der Waals surface area contributed by atoms with Gasteiger partial charge in [0.05, 0.1) is 22.8 Å². The zero-order chi connectivity index (χ0) is 14.8. The molecule has 104 valence electrons. The van der Waals surface area contributed by atoms with Crippen molar-refractivity contribution in [2.24, 2.45) is 0 Å². The van der Waals surface area contributed by atoms with Crippen LogP contribution in [0.4, 0.5) is 0 Å². The maximum atomic E-state index is 9.54. The number of imidazole rings is 1. The fourth-order valence-corrected chi connectivity index (χ4v) is 2.48. The molecule has 1 aromatic carbocycles. The Bertz CT molecular complexity index is 816. The maximum Gasteiger partial charge on any atom is 0.151 e. The summed E-state index contributed by atoms with van der Waals surface area (Å²) in [5.41, 5.74) is 2.43. The Morgan fingerprint density at radius 1 is 1.24 bits per heavy atom. The third-order valence-corrected chi connectivity index (χ3v) is 3.54. The highest BCUT2D eigenvalue weighted by atomic mass is 35.5. The largest absolute Gasteiger partial charge is 0.327 e. The molecule has 6 heteroatoms. The van der Waals surface area contributed by atoms with Crippen LogP contribution < -0.4 is 0 Å². The smallest absolute Gasteiger partial charge is 0.151 e. The number of halogens is 1. The summed E-state index contributed by atoms with van der Waals surface area (Å²) in [5, 5.41) is 17.7. The summed E-state index contributed by atoms with van der Waals surface area (Å²) < 4.78 is 2.03. The van der Waals surface area contributed by atoms with Crippen LogP contribution in [0, 0.1) is 11.3 Å². The number of fused-ring (bicyclic) bond motifs is 1. The van der Waals surface area contributed by atoms with Gasteiger partial charge in [0.1, 0.15) is 11.7 Å². The van der Waals surface area contributed by atoms with Gasteiger partial charge >= 0.3 is 0 Å². The molecule has 0 aliphatic carbocycles. The van der Waals surface area contributed by atoms with Crippen molar-refractivity contribution in [1.82, 2.24) is 19.7 Å². The third-order valence-electron chi connectivity index (χ3n) is 3.34. The predicted molar refractivity (Wildman–Crippen MR) is 79.9 cm³/mol. The minimum absolute atomic E-state index is 0.305. The van der Waals surface area contributed by atoms with Crippen LogP contribution in [0.2, 0.25) is 5.15 Å². The number of hydrogen-bond donors (Lipinski definition) is 0. The van der Waals surface area contributed by atoms with E-state index in [9.17, 15) is 5.26 Å². The van der Waals surface area contributed by atoms with Crippen molar-refractivity contribution >= 4 is 22.6 Å². The Morgan fingerprint density at radius 3 is 2.71 bits per heavy atom. The molecule has 0 bridgehead atoms. The minimum Gasteiger partial charge on any atom is -0.327 e. The average molecular weight is 298 g/mol. The summed E-state index contributed by atoms with van der Waals surface area (Å²) >= 11 is 5.75. The van der Waals surface area contributed by atoms with E-state index in [2.05, 4.69) is 21.3 Å². The molecule has 0 radical (unpaired) electrons. The lowest BCUT2D eigenvalue weighted by Crippen LogP contribution is -2.10. The fraction of sp³-hybridized carbons (Fsp3) is 0.200. The highest BCUT2D eigenvalue weighted by Crippen LogP contribution is 2.26. The lowest BCUT2D eigenvalue weighted by molar-refractivity contribution is 0.699. The molecule has 5 nitrogen and oxygen atoms in total. The molecule has 0 saturated heterocycles. The standard InChI is InChI=1S/C15H12ClN5/c1-2-21-13-6-4-3-5-12(13)18-15(21)10(9-17)11-7-8-14(16)20-19-11/h3-8,10H,2H2,1H3. The van der Waals surface area contributed by atoms with Crippen molar-refractivity contribution in [1.29, 1.82) is 5.26 Å². The second kappa shape index (κ2) is 5.51. The van der Waals surface area contributed by atoms with Crippen molar-refractivity contribution < 1.29 is 0 Å². The summed E-state index contributed by atoms with van der Waals surface area (Å²) in [5.74, 6) is 0.111. The van der Waals surface area contributed by atoms with E-state index in [1.165, 1.54) is 0 Å². The highest BCUT2D eigenvalue weighted by molar-refractivity contribution is 6.29. The number of hydrogen-bond acceptors (Lipinski definition) is 4. The van der Waals surface area contributed by atoms with Gasteiger partial charge < -0.3 is 4.57 Å². The quantitative estimate of drug-likeness (QED) is 0.745. The van der Waals surface area contributed by atoms with Crippen molar-refractivity contribution in [3.05, 3.63) is 53.1 Å². The Balaban J connectivity index is 2.17. The van der Waals surface area contributed by atoms with Crippen molar-refractivity contribution in [2.45, 2.75) is 19.4 Å². The Hall–Kier alpha value is -2.45. The lowest BCUT2D eigenvalue weighted by atomic mass is 10.1. The van der Waals surface area contributed by atoms with Crippen molar-refractivity contribution in [3.8, 4) is 6.07 Å². The summed E-state index contributed by atoms with van der Waals surface area (Å²) in [4.78, 5) is 4.59. The molecule has 0 N–H and O–H groups in total. The van der Waals surface area contributed by atoms with Gasteiger partial charge in [0.25, 0.3) is 0 Å². The van der Waals surface area contributed by atoms with Gasteiger partial charge in [0.2, 0.25) is 0 Å². The molecule has 0 saturated carbocycles. The zero-order valence-corrected chi connectivity index (χ0v) is 12.1. The number of nitrogens with zero attached hydrogens (tertiary/aromatic N) is 5. The number of nitriles is 1. The van der Waals surface area contributed by atoms with E-state index in [-0.39, 0.29) is 0 Å². The van der Waals surface area contributed by atoms with Gasteiger partial charge in [-0.2, -0.15) is 10.4 Å². The number of aromatic nitrogens is 4. The predicted octanol–water partition coefficient (Wildman–Crippen LogP) is 3.16. The van der Waals surface area contributed by atoms with Gasteiger partial charge in [-0.15, -0.1) is 5.10 Å². The molecule has 0 amide bonds. The molecule has 0 fully saturated rings. The van der Waals surface area contributed by atoms with Crippen LogP contribution in [-0.4, -0.2) is 19.7 Å². The summed E-state index contributed by atoms with van der Waals surface area (Å²) in [6.45, 7) is 2.76. The van der Waals surface area contributed by atoms with Gasteiger partial charge in [0.15, 0.2) is 5.15 Å². The van der Waals surface area contributed by atoms with Crippen LogP contribution in [0.1, 0.15) is 24.4 Å². The van der Waals surface area contributed by atoms with Crippen LogP contribution in [0.3, 0.4) is 0 Å². The van der Waals surface area contributed by atoms with Crippen molar-refractivity contribution in [3.63, 3.8) is 0 Å². The van der Waals surface area contributed by atoms with Gasteiger partial charge in [-0.25, -0.2) is 4.98 Å². The van der Waals surface area contributed by atoms with Gasteiger partial charge in [-0.05, 0) is 31.2 Å². The van der Waals surface area contributed by atoms with E-state index in [0.29, 0.717) is 16.7 Å². The topological polar surface area (TPSA) is 67.4 Å². The molecule has 2 aromatic heterocycles. The Morgan fingerprint density at radius 2 is 2.05 bits per heavy atom. The lowest BCUT2D eigenvalue weighted by Gasteiger charge is -2.10. The summed E-state index contributed by atoms with van der Waals surface area (Å²) in [7, 11) is 0. The molecule has 1 unspecified atom stereocenters. The highest BCUT2D eigenvalue weighted by Gasteiger charge is 2.22. The van der Waals surface area contributed by atoms with E-state index in [0.717, 1.165) is 17.6 Å². The zero-order valence-electron chi connectivity index (χ0n) is 11.4. The monoisotopic (exact) mass is 297 g/mol. The average Bonchev–Trinajstić information content (AvgIpc) is 2.88. The number of aryl methyl sites for hydroxylation is 1. The fourth-order valence-electron chi connectivity index (χ4n) is 2.38. The van der Waals surface area contributed by atoms with E-state index >= 15 is 0 Å². The second-order valence-corrected chi connectivity index (χ2v) is 4.93. The molecule has 2 heterocycles. The SMILES string of the molecule is CCn1c(C(C#N)c2ccc(Cl)nn2)nc2ccccc21. The number of benzene rings is 1. The normalized spacial score (nSPS) is 12.2. The second-order valence-electron chi connectivity index (χ2n) is 4.55. The van der Waals surface area contributed by atoms with E-state index < -0.39 is 5.92 Å². The van der Waals surface area contributed by atoms with Crippen LogP contribution in [0.15, 0.2) is 36.4 Å². The molecule has 3 aromatic rings. The van der Waals surface area contributed by atoms with Crippen LogP contribution in [0.25, 0.3) is 11.0 Å². The molecular formula is C15H12ClN5. The molecule has 21 heavy (non-hydrogen) atoms. The summed E-state index contributed by atoms with van der Waals surface area (Å²) in [6.07, 6.45) is 0. The van der Waals surface area contributed by atoms with Gasteiger partial charge in [0, 0.05) is 6.54 Å².